The zero-order chi connectivity index (χ0) is 10.4. The third-order valence-corrected chi connectivity index (χ3v) is 2.67. The maximum atomic E-state index is 10.7. The van der Waals surface area contributed by atoms with Crippen LogP contribution in [0.3, 0.4) is 0 Å². The molecule has 1 heterocycles. The largest absolute Gasteiger partial charge is 0.480 e. The lowest BCUT2D eigenvalue weighted by Gasteiger charge is -2.13. The van der Waals surface area contributed by atoms with Crippen molar-refractivity contribution in [2.75, 3.05) is 19.8 Å². The van der Waals surface area contributed by atoms with Crippen LogP contribution in [0.15, 0.2) is 0 Å². The van der Waals surface area contributed by atoms with Gasteiger partial charge in [-0.15, -0.1) is 0 Å². The lowest BCUT2D eigenvalue weighted by atomic mass is 10.1. The predicted molar refractivity (Wildman–Crippen MR) is 53.3 cm³/mol. The van der Waals surface area contributed by atoms with Gasteiger partial charge in [0.15, 0.2) is 0 Å². The SMILES string of the molecule is CCC(NCCC1CCOC1)C(=O)O. The molecular weight excluding hydrogens is 182 g/mol. The van der Waals surface area contributed by atoms with Crippen LogP contribution in [0.4, 0.5) is 0 Å². The molecule has 0 aromatic rings. The molecule has 4 nitrogen and oxygen atoms in total. The van der Waals surface area contributed by atoms with Crippen molar-refractivity contribution in [2.45, 2.75) is 32.2 Å². The highest BCUT2D eigenvalue weighted by Gasteiger charge is 2.17. The van der Waals surface area contributed by atoms with Crippen molar-refractivity contribution in [1.29, 1.82) is 0 Å². The van der Waals surface area contributed by atoms with Crippen molar-refractivity contribution < 1.29 is 14.6 Å². The van der Waals surface area contributed by atoms with E-state index in [2.05, 4.69) is 5.32 Å². The Kier molecular flexibility index (Phi) is 4.90. The van der Waals surface area contributed by atoms with Crippen LogP contribution in [0.1, 0.15) is 26.2 Å². The molecule has 0 spiro atoms. The summed E-state index contributed by atoms with van der Waals surface area (Å²) in [6.07, 6.45) is 2.77. The standard InChI is InChI=1S/C10H19NO3/c1-2-9(10(12)13)11-5-3-8-4-6-14-7-8/h8-9,11H,2-7H2,1H3,(H,12,13). The number of carboxylic acids is 1. The van der Waals surface area contributed by atoms with E-state index in [1.807, 2.05) is 6.92 Å². The van der Waals surface area contributed by atoms with E-state index in [4.69, 9.17) is 9.84 Å². The summed E-state index contributed by atoms with van der Waals surface area (Å²) >= 11 is 0. The molecule has 0 radical (unpaired) electrons. The topological polar surface area (TPSA) is 58.6 Å². The number of carbonyl (C=O) groups is 1. The van der Waals surface area contributed by atoms with Gasteiger partial charge in [0.25, 0.3) is 0 Å². The van der Waals surface area contributed by atoms with Gasteiger partial charge in [0, 0.05) is 13.2 Å². The minimum atomic E-state index is -0.754. The van der Waals surface area contributed by atoms with Crippen molar-refractivity contribution in [2.24, 2.45) is 5.92 Å². The van der Waals surface area contributed by atoms with E-state index in [9.17, 15) is 4.79 Å². The average molecular weight is 201 g/mol. The Bertz CT molecular complexity index is 178. The van der Waals surface area contributed by atoms with Gasteiger partial charge < -0.3 is 15.2 Å². The zero-order valence-corrected chi connectivity index (χ0v) is 8.66. The number of rotatable bonds is 6. The van der Waals surface area contributed by atoms with Gasteiger partial charge in [0.1, 0.15) is 6.04 Å². The molecule has 82 valence electrons. The average Bonchev–Trinajstić information content (AvgIpc) is 2.64. The van der Waals surface area contributed by atoms with Gasteiger partial charge in [0.05, 0.1) is 0 Å². The molecule has 1 aliphatic heterocycles. The molecule has 2 N–H and O–H groups in total. The van der Waals surface area contributed by atoms with Gasteiger partial charge in [0.2, 0.25) is 0 Å². The van der Waals surface area contributed by atoms with E-state index in [0.717, 1.165) is 32.6 Å². The third kappa shape index (κ3) is 3.64. The molecule has 0 amide bonds. The molecule has 1 saturated heterocycles. The number of hydrogen-bond donors (Lipinski definition) is 2. The Labute approximate surface area is 84.6 Å². The Hall–Kier alpha value is -0.610. The lowest BCUT2D eigenvalue weighted by molar-refractivity contribution is -0.139. The molecule has 0 saturated carbocycles. The van der Waals surface area contributed by atoms with Crippen LogP contribution in [0.25, 0.3) is 0 Å². The van der Waals surface area contributed by atoms with Crippen LogP contribution >= 0.6 is 0 Å². The van der Waals surface area contributed by atoms with Gasteiger partial charge in [-0.05, 0) is 31.7 Å². The summed E-state index contributed by atoms with van der Waals surface area (Å²) in [5, 5.41) is 11.8. The first-order valence-corrected chi connectivity index (χ1v) is 5.28. The third-order valence-electron chi connectivity index (χ3n) is 2.67. The van der Waals surface area contributed by atoms with Crippen molar-refractivity contribution in [3.8, 4) is 0 Å². The number of ether oxygens (including phenoxy) is 1. The Morgan fingerprint density at radius 2 is 2.50 bits per heavy atom. The first kappa shape index (κ1) is 11.5. The summed E-state index contributed by atoms with van der Waals surface area (Å²) in [6, 6.07) is -0.391. The molecule has 0 bridgehead atoms. The second-order valence-corrected chi connectivity index (χ2v) is 3.77. The normalized spacial score (nSPS) is 23.6. The first-order valence-electron chi connectivity index (χ1n) is 5.28. The van der Waals surface area contributed by atoms with E-state index in [1.165, 1.54) is 0 Å². The van der Waals surface area contributed by atoms with E-state index in [1.54, 1.807) is 0 Å². The minimum absolute atomic E-state index is 0.391. The van der Waals surface area contributed by atoms with Crippen LogP contribution in [-0.2, 0) is 9.53 Å². The molecule has 0 aromatic carbocycles. The Morgan fingerprint density at radius 3 is 3.00 bits per heavy atom. The molecule has 0 aromatic heterocycles. The maximum Gasteiger partial charge on any atom is 0.320 e. The van der Waals surface area contributed by atoms with Crippen LogP contribution in [0, 0.1) is 5.92 Å². The van der Waals surface area contributed by atoms with Crippen molar-refractivity contribution in [3.63, 3.8) is 0 Å². The molecule has 1 fully saturated rings. The highest BCUT2D eigenvalue weighted by Crippen LogP contribution is 2.15. The van der Waals surface area contributed by atoms with Crippen molar-refractivity contribution in [3.05, 3.63) is 0 Å². The monoisotopic (exact) mass is 201 g/mol. The van der Waals surface area contributed by atoms with E-state index >= 15 is 0 Å². The summed E-state index contributed by atoms with van der Waals surface area (Å²) < 4.78 is 5.24. The smallest absolute Gasteiger partial charge is 0.320 e. The Balaban J connectivity index is 2.09. The van der Waals surface area contributed by atoms with Crippen LogP contribution in [0.5, 0.6) is 0 Å². The van der Waals surface area contributed by atoms with Gasteiger partial charge in [-0.1, -0.05) is 6.92 Å². The maximum absolute atomic E-state index is 10.7. The highest BCUT2D eigenvalue weighted by atomic mass is 16.5. The molecule has 2 unspecified atom stereocenters. The number of nitrogens with one attached hydrogen (secondary N) is 1. The number of hydrogen-bond acceptors (Lipinski definition) is 3. The van der Waals surface area contributed by atoms with Gasteiger partial charge in [-0.25, -0.2) is 0 Å². The van der Waals surface area contributed by atoms with Crippen LogP contribution in [-0.4, -0.2) is 36.9 Å². The summed E-state index contributed by atoms with van der Waals surface area (Å²) in [4.78, 5) is 10.7. The fourth-order valence-electron chi connectivity index (χ4n) is 1.68. The fourth-order valence-corrected chi connectivity index (χ4v) is 1.68. The summed E-state index contributed by atoms with van der Waals surface area (Å²) in [5.74, 6) is -0.135. The Morgan fingerprint density at radius 1 is 1.71 bits per heavy atom. The predicted octanol–water partition coefficient (Wildman–Crippen LogP) is 0.866. The second kappa shape index (κ2) is 5.98. The summed E-state index contributed by atoms with van der Waals surface area (Å²) in [7, 11) is 0. The molecule has 2 atom stereocenters. The molecule has 4 heteroatoms. The fraction of sp³-hybridized carbons (Fsp3) is 0.900. The van der Waals surface area contributed by atoms with Crippen LogP contribution < -0.4 is 5.32 Å². The summed E-state index contributed by atoms with van der Waals surface area (Å²) in [6.45, 7) is 4.36. The van der Waals surface area contributed by atoms with Gasteiger partial charge in [-0.3, -0.25) is 4.79 Å². The van der Waals surface area contributed by atoms with E-state index in [-0.39, 0.29) is 0 Å². The van der Waals surface area contributed by atoms with Gasteiger partial charge in [-0.2, -0.15) is 0 Å². The lowest BCUT2D eigenvalue weighted by Crippen LogP contribution is -2.37. The van der Waals surface area contributed by atoms with E-state index < -0.39 is 12.0 Å². The van der Waals surface area contributed by atoms with Gasteiger partial charge >= 0.3 is 5.97 Å². The van der Waals surface area contributed by atoms with Crippen molar-refractivity contribution >= 4 is 5.97 Å². The molecule has 1 aliphatic rings. The number of aliphatic carboxylic acids is 1. The number of carboxylic acid groups (broad SMARTS) is 1. The highest BCUT2D eigenvalue weighted by molar-refractivity contribution is 5.73. The van der Waals surface area contributed by atoms with E-state index in [0.29, 0.717) is 12.3 Å². The minimum Gasteiger partial charge on any atom is -0.480 e. The zero-order valence-electron chi connectivity index (χ0n) is 8.66. The first-order chi connectivity index (χ1) is 6.74. The molecule has 0 aliphatic carbocycles. The quantitative estimate of drug-likeness (QED) is 0.669. The second-order valence-electron chi connectivity index (χ2n) is 3.77. The summed E-state index contributed by atoms with van der Waals surface area (Å²) in [5.41, 5.74) is 0. The molecule has 14 heavy (non-hydrogen) atoms. The molecular formula is C10H19NO3. The molecule has 1 rings (SSSR count). The van der Waals surface area contributed by atoms with Crippen LogP contribution in [0.2, 0.25) is 0 Å². The van der Waals surface area contributed by atoms with Crippen molar-refractivity contribution in [1.82, 2.24) is 5.32 Å².